The zero-order valence-electron chi connectivity index (χ0n) is 11.6. The molecular formula is C14H12F3N3O2. The second kappa shape index (κ2) is 4.75. The van der Waals surface area contributed by atoms with Crippen molar-refractivity contribution in [1.82, 2.24) is 9.55 Å². The van der Waals surface area contributed by atoms with Crippen molar-refractivity contribution in [2.45, 2.75) is 5.92 Å². The van der Waals surface area contributed by atoms with Crippen LogP contribution in [0.1, 0.15) is 10.4 Å². The third-order valence-corrected chi connectivity index (χ3v) is 3.53. The Balaban J connectivity index is 1.91. The van der Waals surface area contributed by atoms with E-state index in [1.54, 1.807) is 7.05 Å². The van der Waals surface area contributed by atoms with Crippen molar-refractivity contribution in [2.75, 3.05) is 18.0 Å². The first-order valence-corrected chi connectivity index (χ1v) is 6.45. The molecule has 0 aromatic carbocycles. The number of carboxylic acid groups (broad SMARTS) is 1. The normalized spacial score (nSPS) is 16.5. The van der Waals surface area contributed by atoms with E-state index in [4.69, 9.17) is 5.11 Å². The number of aromatic carboxylic acids is 1. The number of rotatable bonds is 3. The Bertz CT molecular complexity index is 750. The minimum absolute atomic E-state index is 0.0187. The van der Waals surface area contributed by atoms with E-state index in [1.165, 1.54) is 27.9 Å². The van der Waals surface area contributed by atoms with Gasteiger partial charge in [-0.15, -0.1) is 0 Å². The van der Waals surface area contributed by atoms with Crippen LogP contribution in [0, 0.1) is 5.82 Å². The summed E-state index contributed by atoms with van der Waals surface area (Å²) in [6.07, 6.45) is 2.66. The standard InChI is InChI=1S/C14H12F3N3O2/c1-19-5-8(13(21)22)2-11(19)12-10(15)3-9(4-18-12)20-6-14(16,17)7-20/h2-5H,6-7H2,1H3,(H,21,22). The van der Waals surface area contributed by atoms with Gasteiger partial charge in [0.25, 0.3) is 5.92 Å². The van der Waals surface area contributed by atoms with Crippen LogP contribution >= 0.6 is 0 Å². The van der Waals surface area contributed by atoms with Gasteiger partial charge in [0.2, 0.25) is 0 Å². The van der Waals surface area contributed by atoms with E-state index in [1.807, 2.05) is 0 Å². The molecule has 8 heteroatoms. The molecular weight excluding hydrogens is 299 g/mol. The van der Waals surface area contributed by atoms with Crippen LogP contribution in [0.2, 0.25) is 0 Å². The number of aryl methyl sites for hydroxylation is 1. The molecule has 0 amide bonds. The first-order valence-electron chi connectivity index (χ1n) is 6.45. The molecule has 2 aromatic heterocycles. The predicted octanol–water partition coefficient (Wildman–Crippen LogP) is 2.38. The smallest absolute Gasteiger partial charge is 0.337 e. The van der Waals surface area contributed by atoms with Crippen molar-refractivity contribution in [3.63, 3.8) is 0 Å². The van der Waals surface area contributed by atoms with Gasteiger partial charge in [-0.2, -0.15) is 0 Å². The van der Waals surface area contributed by atoms with Gasteiger partial charge in [-0.1, -0.05) is 0 Å². The molecule has 0 radical (unpaired) electrons. The third-order valence-electron chi connectivity index (χ3n) is 3.53. The first kappa shape index (κ1) is 14.4. The molecule has 22 heavy (non-hydrogen) atoms. The molecule has 0 unspecified atom stereocenters. The highest BCUT2D eigenvalue weighted by Gasteiger charge is 2.44. The lowest BCUT2D eigenvalue weighted by atomic mass is 10.1. The second-order valence-electron chi connectivity index (χ2n) is 5.27. The van der Waals surface area contributed by atoms with E-state index in [0.717, 1.165) is 6.07 Å². The fourth-order valence-electron chi connectivity index (χ4n) is 2.40. The van der Waals surface area contributed by atoms with E-state index >= 15 is 0 Å². The second-order valence-corrected chi connectivity index (χ2v) is 5.27. The van der Waals surface area contributed by atoms with Crippen molar-refractivity contribution in [2.24, 2.45) is 7.05 Å². The first-order chi connectivity index (χ1) is 10.3. The molecule has 2 aromatic rings. The Morgan fingerprint density at radius 1 is 1.36 bits per heavy atom. The molecule has 0 bridgehead atoms. The number of nitrogens with zero attached hydrogens (tertiary/aromatic N) is 3. The molecule has 0 saturated carbocycles. The number of pyridine rings is 1. The average Bonchev–Trinajstić information content (AvgIpc) is 2.78. The van der Waals surface area contributed by atoms with Gasteiger partial charge in [-0.05, 0) is 6.07 Å². The molecule has 1 N–H and O–H groups in total. The number of carbonyl (C=O) groups is 1. The van der Waals surface area contributed by atoms with E-state index in [-0.39, 0.29) is 16.9 Å². The lowest BCUT2D eigenvalue weighted by Gasteiger charge is -2.40. The third kappa shape index (κ3) is 2.40. The van der Waals surface area contributed by atoms with Crippen molar-refractivity contribution in [1.29, 1.82) is 0 Å². The van der Waals surface area contributed by atoms with Gasteiger partial charge in [0.05, 0.1) is 36.2 Å². The van der Waals surface area contributed by atoms with Gasteiger partial charge in [-0.3, -0.25) is 0 Å². The van der Waals surface area contributed by atoms with Crippen molar-refractivity contribution >= 4 is 11.7 Å². The highest BCUT2D eigenvalue weighted by atomic mass is 19.3. The Kier molecular flexibility index (Phi) is 3.12. The van der Waals surface area contributed by atoms with Crippen LogP contribution in [0.25, 0.3) is 11.4 Å². The van der Waals surface area contributed by atoms with Crippen LogP contribution in [0.4, 0.5) is 18.9 Å². The lowest BCUT2D eigenvalue weighted by Crippen LogP contribution is -2.56. The molecule has 0 atom stereocenters. The maximum Gasteiger partial charge on any atom is 0.337 e. The van der Waals surface area contributed by atoms with Gasteiger partial charge in [0.1, 0.15) is 5.69 Å². The quantitative estimate of drug-likeness (QED) is 0.945. The summed E-state index contributed by atoms with van der Waals surface area (Å²) < 4.78 is 41.3. The largest absolute Gasteiger partial charge is 0.478 e. The van der Waals surface area contributed by atoms with Gasteiger partial charge in [-0.25, -0.2) is 22.9 Å². The van der Waals surface area contributed by atoms with Crippen molar-refractivity contribution < 1.29 is 23.1 Å². The molecule has 1 aliphatic heterocycles. The van der Waals surface area contributed by atoms with E-state index in [0.29, 0.717) is 5.69 Å². The maximum absolute atomic E-state index is 14.2. The highest BCUT2D eigenvalue weighted by molar-refractivity contribution is 5.89. The minimum Gasteiger partial charge on any atom is -0.478 e. The van der Waals surface area contributed by atoms with Crippen molar-refractivity contribution in [3.05, 3.63) is 35.9 Å². The Morgan fingerprint density at radius 2 is 2.05 bits per heavy atom. The van der Waals surface area contributed by atoms with E-state index in [2.05, 4.69) is 4.98 Å². The fraction of sp³-hybridized carbons (Fsp3) is 0.286. The molecule has 116 valence electrons. The summed E-state index contributed by atoms with van der Waals surface area (Å²) in [5.41, 5.74) is 0.575. The summed E-state index contributed by atoms with van der Waals surface area (Å²) in [6.45, 7) is -0.915. The summed E-state index contributed by atoms with van der Waals surface area (Å²) >= 11 is 0. The van der Waals surface area contributed by atoms with Gasteiger partial charge in [0, 0.05) is 19.3 Å². The minimum atomic E-state index is -2.75. The molecule has 0 aliphatic carbocycles. The zero-order chi connectivity index (χ0) is 16.1. The number of hydrogen-bond donors (Lipinski definition) is 1. The summed E-state index contributed by atoms with van der Waals surface area (Å²) in [6, 6.07) is 2.44. The Labute approximate surface area is 123 Å². The van der Waals surface area contributed by atoms with E-state index in [9.17, 15) is 18.0 Å². The Morgan fingerprint density at radius 3 is 2.55 bits per heavy atom. The number of hydrogen-bond acceptors (Lipinski definition) is 3. The average molecular weight is 311 g/mol. The van der Waals surface area contributed by atoms with E-state index < -0.39 is 30.8 Å². The summed E-state index contributed by atoms with van der Waals surface area (Å²) in [5, 5.41) is 8.94. The topological polar surface area (TPSA) is 58.4 Å². The van der Waals surface area contributed by atoms with Crippen LogP contribution in [0.3, 0.4) is 0 Å². The van der Waals surface area contributed by atoms with Crippen LogP contribution in [0.5, 0.6) is 0 Å². The molecule has 3 rings (SSSR count). The van der Waals surface area contributed by atoms with Gasteiger partial charge in [0.15, 0.2) is 5.82 Å². The summed E-state index contributed by atoms with van der Waals surface area (Å²) in [5.74, 6) is -4.56. The fourth-order valence-corrected chi connectivity index (χ4v) is 2.40. The van der Waals surface area contributed by atoms with Gasteiger partial charge < -0.3 is 14.6 Å². The number of aromatic nitrogens is 2. The monoisotopic (exact) mass is 311 g/mol. The molecule has 5 nitrogen and oxygen atoms in total. The summed E-state index contributed by atoms with van der Waals surface area (Å²) in [7, 11) is 1.58. The van der Waals surface area contributed by atoms with Gasteiger partial charge >= 0.3 is 5.97 Å². The van der Waals surface area contributed by atoms with Crippen LogP contribution in [0.15, 0.2) is 24.5 Å². The Hall–Kier alpha value is -2.51. The number of carboxylic acids is 1. The highest BCUT2D eigenvalue weighted by Crippen LogP contribution is 2.33. The number of anilines is 1. The molecule has 1 fully saturated rings. The lowest BCUT2D eigenvalue weighted by molar-refractivity contribution is -0.0263. The number of alkyl halides is 2. The van der Waals surface area contributed by atoms with Crippen LogP contribution in [-0.4, -0.2) is 39.6 Å². The van der Waals surface area contributed by atoms with Crippen LogP contribution < -0.4 is 4.90 Å². The number of halogens is 3. The SMILES string of the molecule is Cn1cc(C(=O)O)cc1-c1ncc(N2CC(F)(F)C2)cc1F. The predicted molar refractivity (Wildman–Crippen MR) is 72.7 cm³/mol. The maximum atomic E-state index is 14.2. The zero-order valence-corrected chi connectivity index (χ0v) is 11.6. The van der Waals surface area contributed by atoms with Crippen molar-refractivity contribution in [3.8, 4) is 11.4 Å². The summed E-state index contributed by atoms with van der Waals surface area (Å²) in [4.78, 5) is 16.2. The molecule has 1 aliphatic rings. The molecule has 3 heterocycles. The molecule has 1 saturated heterocycles. The van der Waals surface area contributed by atoms with Crippen LogP contribution in [-0.2, 0) is 7.05 Å². The molecule has 0 spiro atoms.